The number of hydrogen-bond donors (Lipinski definition) is 0. The highest BCUT2D eigenvalue weighted by Crippen LogP contribution is 2.36. The zero-order chi connectivity index (χ0) is 24.3. The lowest BCUT2D eigenvalue weighted by Crippen LogP contribution is -2.36. The molecule has 3 heteroatoms. The maximum atomic E-state index is 5.58. The van der Waals surface area contributed by atoms with Crippen LogP contribution >= 0.6 is 0 Å². The Kier molecular flexibility index (Phi) is 9.90. The monoisotopic (exact) mass is 456 g/mol. The van der Waals surface area contributed by atoms with Gasteiger partial charge in [0.25, 0.3) is 0 Å². The van der Waals surface area contributed by atoms with Crippen molar-refractivity contribution in [1.29, 1.82) is 0 Å². The Bertz CT molecular complexity index is 1070. The molecule has 0 saturated carbocycles. The molecule has 1 aromatic carbocycles. The van der Waals surface area contributed by atoms with E-state index in [2.05, 4.69) is 86.4 Å². The lowest BCUT2D eigenvalue weighted by Gasteiger charge is -2.31. The van der Waals surface area contributed by atoms with Crippen LogP contribution in [0.1, 0.15) is 62.9 Å². The first kappa shape index (κ1) is 25.7. The minimum atomic E-state index is 0.789. The molecule has 0 unspecified atom stereocenters. The van der Waals surface area contributed by atoms with E-state index in [0.717, 1.165) is 45.6 Å². The van der Waals surface area contributed by atoms with E-state index in [1.54, 1.807) is 0 Å². The van der Waals surface area contributed by atoms with Crippen molar-refractivity contribution in [3.8, 4) is 0 Å². The van der Waals surface area contributed by atoms with Crippen molar-refractivity contribution in [1.82, 2.24) is 4.98 Å². The van der Waals surface area contributed by atoms with E-state index in [9.17, 15) is 0 Å². The molecule has 0 bridgehead atoms. The van der Waals surface area contributed by atoms with Crippen LogP contribution in [0.2, 0.25) is 0 Å². The van der Waals surface area contributed by atoms with Crippen molar-refractivity contribution in [3.05, 3.63) is 94.4 Å². The third-order valence-electron chi connectivity index (χ3n) is 6.30. The molecule has 180 valence electrons. The highest BCUT2D eigenvalue weighted by atomic mass is 16.5. The fraction of sp³-hybridized carbons (Fsp3) is 0.387. The van der Waals surface area contributed by atoms with E-state index in [4.69, 9.17) is 9.72 Å². The predicted molar refractivity (Wildman–Crippen MR) is 147 cm³/mol. The smallest absolute Gasteiger partial charge is 0.0642 e. The molecule has 1 aliphatic heterocycles. The zero-order valence-electron chi connectivity index (χ0n) is 21.6. The fourth-order valence-corrected chi connectivity index (χ4v) is 4.53. The van der Waals surface area contributed by atoms with Crippen LogP contribution in [0.5, 0.6) is 0 Å². The van der Waals surface area contributed by atoms with Gasteiger partial charge in [-0.2, -0.15) is 0 Å². The molecule has 4 rings (SSSR count). The standard InChI is InChI=1S/C29H34N2O.C2H6/c1-4-5-6-7-11-26(23(3)24-10-8-9-22(2)20-24)25-12-13-28-27(21-25)29(14-15-30-28)31-16-18-32-19-17-31;1-2/h5-11,14-15,20-21H,4,12-13,16-19H2,1-3H3;1-2H3/b6-5+,11-7-,26-23-;. The number of ether oxygens (including phenoxy) is 1. The van der Waals surface area contributed by atoms with Gasteiger partial charge < -0.3 is 9.64 Å². The highest BCUT2D eigenvalue weighted by Gasteiger charge is 2.21. The average molecular weight is 457 g/mol. The van der Waals surface area contributed by atoms with Crippen molar-refractivity contribution in [2.45, 2.75) is 53.9 Å². The molecule has 2 aliphatic rings. The summed E-state index contributed by atoms with van der Waals surface area (Å²) < 4.78 is 5.58. The first-order valence-corrected chi connectivity index (χ1v) is 12.8. The van der Waals surface area contributed by atoms with Crippen molar-refractivity contribution in [2.75, 3.05) is 31.2 Å². The number of benzene rings is 1. The quantitative estimate of drug-likeness (QED) is 0.419. The summed E-state index contributed by atoms with van der Waals surface area (Å²) in [6.45, 7) is 14.0. The Labute approximate surface area is 206 Å². The van der Waals surface area contributed by atoms with Crippen molar-refractivity contribution in [3.63, 3.8) is 0 Å². The number of aryl methyl sites for hydroxylation is 2. The molecule has 1 aromatic heterocycles. The van der Waals surface area contributed by atoms with Crippen molar-refractivity contribution >= 4 is 17.3 Å². The average Bonchev–Trinajstić information content (AvgIpc) is 2.89. The Hall–Kier alpha value is -2.91. The second-order valence-corrected chi connectivity index (χ2v) is 8.56. The van der Waals surface area contributed by atoms with Gasteiger partial charge >= 0.3 is 0 Å². The molecule has 0 amide bonds. The Morgan fingerprint density at radius 3 is 2.62 bits per heavy atom. The van der Waals surface area contributed by atoms with E-state index < -0.39 is 0 Å². The molecular formula is C31H40N2O. The van der Waals surface area contributed by atoms with Crippen molar-refractivity contribution < 1.29 is 4.74 Å². The Morgan fingerprint density at radius 1 is 1.09 bits per heavy atom. The van der Waals surface area contributed by atoms with Crippen LogP contribution in [0.15, 0.2) is 72.0 Å². The summed E-state index contributed by atoms with van der Waals surface area (Å²) in [6, 6.07) is 11.0. The van der Waals surface area contributed by atoms with Gasteiger partial charge in [0.15, 0.2) is 0 Å². The van der Waals surface area contributed by atoms with Crippen LogP contribution in [-0.2, 0) is 11.2 Å². The molecule has 1 fully saturated rings. The predicted octanol–water partition coefficient (Wildman–Crippen LogP) is 7.58. The number of anilines is 1. The Morgan fingerprint density at radius 2 is 1.88 bits per heavy atom. The number of rotatable bonds is 6. The molecular weight excluding hydrogens is 416 g/mol. The molecule has 0 atom stereocenters. The third kappa shape index (κ3) is 6.36. The molecule has 2 aromatic rings. The molecule has 1 aliphatic carbocycles. The second-order valence-electron chi connectivity index (χ2n) is 8.56. The maximum Gasteiger partial charge on any atom is 0.0642 e. The molecule has 3 nitrogen and oxygen atoms in total. The van der Waals surface area contributed by atoms with E-state index in [-0.39, 0.29) is 0 Å². The topological polar surface area (TPSA) is 25.4 Å². The van der Waals surface area contributed by atoms with Gasteiger partial charge in [-0.1, -0.05) is 74.9 Å². The van der Waals surface area contributed by atoms with Gasteiger partial charge in [0.2, 0.25) is 0 Å². The largest absolute Gasteiger partial charge is 0.378 e. The van der Waals surface area contributed by atoms with Crippen LogP contribution in [0.3, 0.4) is 0 Å². The SMILES string of the molecule is CC.CC/C=C/C=C\C(C1=Cc2c(N3CCOCC3)ccnc2CC1)=C(/C)c1cccc(C)c1. The van der Waals surface area contributed by atoms with E-state index in [1.807, 2.05) is 20.0 Å². The summed E-state index contributed by atoms with van der Waals surface area (Å²) in [5.74, 6) is 0. The molecule has 2 heterocycles. The summed E-state index contributed by atoms with van der Waals surface area (Å²) in [5.41, 5.74) is 10.4. The number of fused-ring (bicyclic) bond motifs is 1. The highest BCUT2D eigenvalue weighted by molar-refractivity contribution is 5.81. The van der Waals surface area contributed by atoms with Gasteiger partial charge in [-0.15, -0.1) is 0 Å². The van der Waals surface area contributed by atoms with Crippen LogP contribution in [0, 0.1) is 6.92 Å². The summed E-state index contributed by atoms with van der Waals surface area (Å²) in [6.07, 6.45) is 16.2. The first-order valence-electron chi connectivity index (χ1n) is 12.8. The summed E-state index contributed by atoms with van der Waals surface area (Å²) in [4.78, 5) is 7.17. The van der Waals surface area contributed by atoms with Gasteiger partial charge in [0, 0.05) is 36.2 Å². The Balaban J connectivity index is 0.00000158. The summed E-state index contributed by atoms with van der Waals surface area (Å²) in [5, 5.41) is 0. The molecule has 0 radical (unpaired) electrons. The number of hydrogen-bond acceptors (Lipinski definition) is 3. The molecule has 1 saturated heterocycles. The lowest BCUT2D eigenvalue weighted by atomic mass is 9.86. The van der Waals surface area contributed by atoms with Gasteiger partial charge in [-0.05, 0) is 67.5 Å². The third-order valence-corrected chi connectivity index (χ3v) is 6.30. The van der Waals surface area contributed by atoms with E-state index in [0.29, 0.717) is 0 Å². The summed E-state index contributed by atoms with van der Waals surface area (Å²) >= 11 is 0. The molecule has 0 N–H and O–H groups in total. The van der Waals surface area contributed by atoms with Crippen LogP contribution in [0.4, 0.5) is 5.69 Å². The van der Waals surface area contributed by atoms with E-state index >= 15 is 0 Å². The van der Waals surface area contributed by atoms with Gasteiger partial charge in [-0.3, -0.25) is 4.98 Å². The number of allylic oxidation sites excluding steroid dienone is 7. The molecule has 0 spiro atoms. The van der Waals surface area contributed by atoms with Crippen LogP contribution in [0.25, 0.3) is 11.6 Å². The molecule has 34 heavy (non-hydrogen) atoms. The van der Waals surface area contributed by atoms with Gasteiger partial charge in [-0.25, -0.2) is 0 Å². The minimum absolute atomic E-state index is 0.789. The first-order chi connectivity index (χ1) is 16.7. The number of morpholine rings is 1. The number of aromatic nitrogens is 1. The zero-order valence-corrected chi connectivity index (χ0v) is 21.6. The number of nitrogens with zero attached hydrogens (tertiary/aromatic N) is 2. The summed E-state index contributed by atoms with van der Waals surface area (Å²) in [7, 11) is 0. The van der Waals surface area contributed by atoms with E-state index in [1.165, 1.54) is 44.8 Å². The lowest BCUT2D eigenvalue weighted by molar-refractivity contribution is 0.122. The van der Waals surface area contributed by atoms with Gasteiger partial charge in [0.1, 0.15) is 0 Å². The number of pyridine rings is 1. The normalized spacial score (nSPS) is 16.6. The van der Waals surface area contributed by atoms with Crippen LogP contribution < -0.4 is 4.90 Å². The maximum absolute atomic E-state index is 5.58. The van der Waals surface area contributed by atoms with Crippen LogP contribution in [-0.4, -0.2) is 31.3 Å². The van der Waals surface area contributed by atoms with Crippen molar-refractivity contribution in [2.24, 2.45) is 0 Å². The fourth-order valence-electron chi connectivity index (χ4n) is 4.53. The minimum Gasteiger partial charge on any atom is -0.378 e. The second kappa shape index (κ2) is 13.1. The van der Waals surface area contributed by atoms with Gasteiger partial charge in [0.05, 0.1) is 13.2 Å².